The maximum atomic E-state index is 2.26. The molecule has 18 heteroatoms. The van der Waals surface area contributed by atoms with E-state index in [9.17, 15) is 0 Å². The monoisotopic (exact) mass is 1720 g/mol. The summed E-state index contributed by atoms with van der Waals surface area (Å²) in [5.74, 6) is 0. The zero-order chi connectivity index (χ0) is 7.07. The Hall–Kier alpha value is 19.5. The molecule has 0 aromatic heterocycles. The predicted octanol–water partition coefficient (Wildman–Crippen LogP) is 2.73. The van der Waals surface area contributed by atoms with Crippen LogP contribution in [0.25, 0.3) is 0 Å². The SMILES string of the molecule is CC1=C(C)C(C)(C)[CH-][CH-]1.[Y].[Y].[Y].[Y].[Y].[Y].[Y].[Y].[Y].[Y].[Y].[Y].[Y].[Y].[Y].[Y].[Y].[Y]. The van der Waals surface area contributed by atoms with Gasteiger partial charge in [0, 0.05) is 589 Å². The van der Waals surface area contributed by atoms with Crippen LogP contribution in [0.5, 0.6) is 0 Å². The molecule has 1 aliphatic rings. The third-order valence-electron chi connectivity index (χ3n) is 2.31. The molecule has 0 bridgehead atoms. The van der Waals surface area contributed by atoms with E-state index < -0.39 is 0 Å². The van der Waals surface area contributed by atoms with Gasteiger partial charge in [-0.25, -0.2) is 16.6 Å². The molecule has 0 unspecified atom stereocenters. The molecule has 1 rings (SSSR count). The van der Waals surface area contributed by atoms with Crippen molar-refractivity contribution < 1.29 is 589 Å². The van der Waals surface area contributed by atoms with E-state index in [1.807, 2.05) is 0 Å². The molecule has 0 spiro atoms. The van der Waals surface area contributed by atoms with Gasteiger partial charge in [-0.3, -0.25) is 0 Å². The molecule has 0 N–H and O–H groups in total. The van der Waals surface area contributed by atoms with E-state index in [1.165, 1.54) is 11.1 Å². The predicted molar refractivity (Wildman–Crippen MR) is 40.8 cm³/mol. The van der Waals surface area contributed by atoms with Gasteiger partial charge in [-0.15, -0.1) is 6.92 Å². The molecule has 0 fully saturated rings. The fourth-order valence-corrected chi connectivity index (χ4v) is 1.09. The number of hydrogen-bond acceptors (Lipinski definition) is 0. The van der Waals surface area contributed by atoms with Gasteiger partial charge in [0.2, 0.25) is 0 Å². The van der Waals surface area contributed by atoms with Gasteiger partial charge >= 0.3 is 0 Å². The molecular weight excluding hydrogens is 1710 g/mol. The van der Waals surface area contributed by atoms with Crippen LogP contribution in [-0.2, 0) is 589 Å². The summed E-state index contributed by atoms with van der Waals surface area (Å²) in [4.78, 5) is 0. The van der Waals surface area contributed by atoms with Crippen LogP contribution in [0.4, 0.5) is 0 Å². The van der Waals surface area contributed by atoms with Crippen molar-refractivity contribution in [3.63, 3.8) is 0 Å². The molecule has 0 aliphatic heterocycles. The van der Waals surface area contributed by atoms with Crippen molar-refractivity contribution in [1.29, 1.82) is 0 Å². The van der Waals surface area contributed by atoms with Crippen LogP contribution in [0, 0.1) is 18.3 Å². The first kappa shape index (κ1) is 119. The average Bonchev–Trinajstić information content (AvgIpc) is 1.97. The van der Waals surface area contributed by atoms with E-state index >= 15 is 0 Å². The molecule has 0 nitrogen and oxygen atoms in total. The Morgan fingerprint density at radius 2 is 0.630 bits per heavy atom. The maximum absolute atomic E-state index is 2.26. The van der Waals surface area contributed by atoms with E-state index in [0.29, 0.717) is 5.41 Å². The topological polar surface area (TPSA) is 0 Å². The smallest absolute Gasteiger partial charge is 0 e. The molecule has 0 aromatic carbocycles. The van der Waals surface area contributed by atoms with Gasteiger partial charge in [0.05, 0.1) is 0 Å². The minimum absolute atomic E-state index is 0. The van der Waals surface area contributed by atoms with Crippen molar-refractivity contribution in [3.05, 3.63) is 24.0 Å². The third-order valence-corrected chi connectivity index (χ3v) is 2.31. The van der Waals surface area contributed by atoms with Gasteiger partial charge in [0.25, 0.3) is 0 Å². The van der Waals surface area contributed by atoms with Crippen LogP contribution in [0.2, 0.25) is 0 Å². The normalized spacial score (nSPS) is 8.15. The van der Waals surface area contributed by atoms with Crippen LogP contribution in [0.3, 0.4) is 0 Å². The summed E-state index contributed by atoms with van der Waals surface area (Å²) in [5.41, 5.74) is 3.26. The Morgan fingerprint density at radius 1 is 0.444 bits per heavy atom. The molecule has 0 atom stereocenters. The molecule has 1 aliphatic carbocycles. The second-order valence-electron chi connectivity index (χ2n) is 3.36. The molecule has 27 heavy (non-hydrogen) atoms. The maximum Gasteiger partial charge on any atom is 0 e. The van der Waals surface area contributed by atoms with Gasteiger partial charge in [-0.1, -0.05) is 20.8 Å². The van der Waals surface area contributed by atoms with Crippen LogP contribution < -0.4 is 0 Å². The van der Waals surface area contributed by atoms with Crippen molar-refractivity contribution in [1.82, 2.24) is 0 Å². The van der Waals surface area contributed by atoms with Crippen molar-refractivity contribution >= 4 is 0 Å². The van der Waals surface area contributed by atoms with Crippen molar-refractivity contribution in [3.8, 4) is 0 Å². The quantitative estimate of drug-likeness (QED) is 0.328. The summed E-state index contributed by atoms with van der Waals surface area (Å²) < 4.78 is 0. The first-order valence-electron chi connectivity index (χ1n) is 3.41. The minimum Gasteiger partial charge on any atom is -0.404 e. The minimum atomic E-state index is 0. The van der Waals surface area contributed by atoms with Gasteiger partial charge in [-0.2, -0.15) is 0 Å². The Bertz CT molecular complexity index is 174. The van der Waals surface area contributed by atoms with Gasteiger partial charge in [0.15, 0.2) is 0 Å². The molecule has 0 heterocycles. The van der Waals surface area contributed by atoms with E-state index in [-0.39, 0.29) is 589 Å². The average molecular weight is 1720 g/mol. The zero-order valence-electron chi connectivity index (χ0n) is 17.0. The summed E-state index contributed by atoms with van der Waals surface area (Å²) in [6.45, 7) is 8.86. The summed E-state index contributed by atoms with van der Waals surface area (Å²) in [5, 5.41) is 0. The Kier molecular flexibility index (Phi) is 352. The number of rotatable bonds is 0. The first-order valence-corrected chi connectivity index (χ1v) is 3.41. The summed E-state index contributed by atoms with van der Waals surface area (Å²) >= 11 is 0. The molecule has 18 radical (unpaired) electrons. The first-order chi connectivity index (χ1) is 4.04. The van der Waals surface area contributed by atoms with Crippen LogP contribution in [0.15, 0.2) is 11.1 Å². The van der Waals surface area contributed by atoms with E-state index in [0.717, 1.165) is 0 Å². The molecule has 0 aromatic rings. The fraction of sp³-hybridized carbons (Fsp3) is 0.556. The van der Waals surface area contributed by atoms with Crippen LogP contribution in [0.1, 0.15) is 27.7 Å². The van der Waals surface area contributed by atoms with E-state index in [1.54, 1.807) is 0 Å². The molecule has 106 valence electrons. The van der Waals surface area contributed by atoms with Crippen molar-refractivity contribution in [2.24, 2.45) is 5.41 Å². The van der Waals surface area contributed by atoms with Gasteiger partial charge in [-0.05, 0) is 0 Å². The Labute approximate surface area is 623 Å². The van der Waals surface area contributed by atoms with Gasteiger partial charge < -0.3 is 12.8 Å². The largest absolute Gasteiger partial charge is 0.404 e. The Morgan fingerprint density at radius 3 is 0.667 bits per heavy atom. The fourth-order valence-electron chi connectivity index (χ4n) is 1.09. The van der Waals surface area contributed by atoms with Gasteiger partial charge in [0.1, 0.15) is 0 Å². The molecule has 0 amide bonds. The van der Waals surface area contributed by atoms with E-state index in [2.05, 4.69) is 40.5 Å². The summed E-state index contributed by atoms with van der Waals surface area (Å²) in [6.07, 6.45) is 4.47. The van der Waals surface area contributed by atoms with Crippen molar-refractivity contribution in [2.75, 3.05) is 0 Å². The molecular formula is C9H14Y18-2. The van der Waals surface area contributed by atoms with Crippen LogP contribution >= 0.6 is 0 Å². The second kappa shape index (κ2) is 80.3. The summed E-state index contributed by atoms with van der Waals surface area (Å²) in [7, 11) is 0. The summed E-state index contributed by atoms with van der Waals surface area (Å²) in [6, 6.07) is 0. The third kappa shape index (κ3) is 68.3. The van der Waals surface area contributed by atoms with Crippen molar-refractivity contribution in [2.45, 2.75) is 27.7 Å². The van der Waals surface area contributed by atoms with Crippen LogP contribution in [-0.4, -0.2) is 0 Å². The number of allylic oxidation sites excluding steroid dienone is 2. The molecule has 0 saturated heterocycles. The number of hydrogen-bond donors (Lipinski definition) is 0. The standard InChI is InChI=1S/C9H14.18Y/c1-7-5-6-9(3,4)8(7)2;;;;;;;;;;;;;;;;;;/h5-6H,1-4H3;;;;;;;;;;;;;;;;;;/q-2;;;;;;;;;;;;;;;;;;. The zero-order valence-corrected chi connectivity index (χ0v) is 68.1. The second-order valence-corrected chi connectivity index (χ2v) is 3.36. The van der Waals surface area contributed by atoms with E-state index in [4.69, 9.17) is 0 Å². The Balaban J connectivity index is -0.00000000281. The molecule has 0 saturated carbocycles.